The highest BCUT2D eigenvalue weighted by Crippen LogP contribution is 2.42. The fraction of sp³-hybridized carbons (Fsp3) is 0.500. The van der Waals surface area contributed by atoms with E-state index in [0.717, 1.165) is 49.2 Å². The highest BCUT2D eigenvalue weighted by atomic mass is 16.5. The van der Waals surface area contributed by atoms with Crippen LogP contribution in [0.3, 0.4) is 0 Å². The molecule has 2 aromatic carbocycles. The highest BCUT2D eigenvalue weighted by Gasteiger charge is 2.39. The van der Waals surface area contributed by atoms with Crippen LogP contribution >= 0.6 is 0 Å². The van der Waals surface area contributed by atoms with Crippen molar-refractivity contribution in [2.24, 2.45) is 0 Å². The Kier molecular flexibility index (Phi) is 6.03. The number of hydrogen-bond donors (Lipinski definition) is 1. The molecule has 1 N–H and O–H groups in total. The summed E-state index contributed by atoms with van der Waals surface area (Å²) in [7, 11) is 0. The number of para-hydroxylation sites is 1. The zero-order chi connectivity index (χ0) is 21.1. The molecule has 1 heterocycles. The van der Waals surface area contributed by atoms with E-state index in [1.54, 1.807) is 0 Å². The fourth-order valence-corrected chi connectivity index (χ4v) is 4.76. The van der Waals surface area contributed by atoms with Gasteiger partial charge in [-0.05, 0) is 74.8 Å². The fourth-order valence-electron chi connectivity index (χ4n) is 4.76. The van der Waals surface area contributed by atoms with Gasteiger partial charge < -0.3 is 14.8 Å². The Labute approximate surface area is 180 Å². The van der Waals surface area contributed by atoms with Crippen molar-refractivity contribution in [3.63, 3.8) is 0 Å². The van der Waals surface area contributed by atoms with Gasteiger partial charge in [-0.25, -0.2) is 0 Å². The number of benzene rings is 2. The van der Waals surface area contributed by atoms with Crippen LogP contribution < -0.4 is 14.8 Å². The summed E-state index contributed by atoms with van der Waals surface area (Å²) < 4.78 is 12.4. The molecule has 0 fully saturated rings. The number of fused-ring (bicyclic) bond motifs is 2. The number of ether oxygens (including phenoxy) is 2. The summed E-state index contributed by atoms with van der Waals surface area (Å²) in [5.74, 6) is 1.57. The largest absolute Gasteiger partial charge is 0.487 e. The maximum absolute atomic E-state index is 13.0. The van der Waals surface area contributed by atoms with Crippen LogP contribution in [0.4, 0.5) is 0 Å². The third kappa shape index (κ3) is 4.19. The molecule has 4 rings (SSSR count). The topological polar surface area (TPSA) is 47.6 Å². The zero-order valence-corrected chi connectivity index (χ0v) is 18.4. The Morgan fingerprint density at radius 2 is 1.87 bits per heavy atom. The van der Waals surface area contributed by atoms with Crippen molar-refractivity contribution in [3.05, 3.63) is 59.2 Å². The number of carbonyl (C=O) groups is 1. The van der Waals surface area contributed by atoms with Crippen molar-refractivity contribution < 1.29 is 14.3 Å². The molecule has 4 nitrogen and oxygen atoms in total. The molecule has 0 aromatic heterocycles. The Hall–Kier alpha value is -2.49. The van der Waals surface area contributed by atoms with Crippen LogP contribution in [0.1, 0.15) is 75.6 Å². The molecular formula is C26H33NO3. The van der Waals surface area contributed by atoms with Gasteiger partial charge in [0.1, 0.15) is 17.1 Å². The normalized spacial score (nSPS) is 20.3. The second-order valence-electron chi connectivity index (χ2n) is 8.69. The average molecular weight is 408 g/mol. The standard InChI is InChI=1S/C26H33NO3/c1-4-26(5-2)17-23(22-12-8-9-13-24(22)30-26)27-25(28)18(3)29-21-15-14-19-10-6-7-11-20(19)16-21/h8-9,12-16,18,23H,4-7,10-11,17H2,1-3H3,(H,27,28)/t18-,23+/m1/s1. The lowest BCUT2D eigenvalue weighted by molar-refractivity contribution is -0.128. The van der Waals surface area contributed by atoms with Crippen molar-refractivity contribution in [1.29, 1.82) is 0 Å². The molecule has 2 atom stereocenters. The molecule has 1 aliphatic heterocycles. The van der Waals surface area contributed by atoms with Gasteiger partial charge in [-0.15, -0.1) is 0 Å². The van der Waals surface area contributed by atoms with Crippen LogP contribution in [0.15, 0.2) is 42.5 Å². The first-order chi connectivity index (χ1) is 14.5. The number of aryl methyl sites for hydroxylation is 2. The Morgan fingerprint density at radius 1 is 1.13 bits per heavy atom. The molecule has 1 amide bonds. The van der Waals surface area contributed by atoms with Crippen molar-refractivity contribution in [3.8, 4) is 11.5 Å². The van der Waals surface area contributed by atoms with E-state index in [0.29, 0.717) is 0 Å². The monoisotopic (exact) mass is 407 g/mol. The van der Waals surface area contributed by atoms with Gasteiger partial charge in [-0.1, -0.05) is 38.1 Å². The molecule has 0 radical (unpaired) electrons. The molecule has 0 saturated heterocycles. The molecule has 0 spiro atoms. The minimum Gasteiger partial charge on any atom is -0.487 e. The zero-order valence-electron chi connectivity index (χ0n) is 18.4. The maximum atomic E-state index is 13.0. The molecule has 0 saturated carbocycles. The minimum absolute atomic E-state index is 0.0723. The summed E-state index contributed by atoms with van der Waals surface area (Å²) in [6.45, 7) is 6.13. The molecule has 2 aromatic rings. The first-order valence-electron chi connectivity index (χ1n) is 11.4. The lowest BCUT2D eigenvalue weighted by atomic mass is 9.83. The summed E-state index contributed by atoms with van der Waals surface area (Å²) >= 11 is 0. The first kappa shape index (κ1) is 20.8. The third-order valence-corrected chi connectivity index (χ3v) is 6.80. The SMILES string of the molecule is CCC1(CC)C[C@H](NC(=O)[C@@H](C)Oc2ccc3c(c2)CCCC3)c2ccccc2O1. The number of carbonyl (C=O) groups excluding carboxylic acids is 1. The van der Waals surface area contributed by atoms with E-state index < -0.39 is 6.10 Å². The van der Waals surface area contributed by atoms with Crippen LogP contribution in [0.5, 0.6) is 11.5 Å². The van der Waals surface area contributed by atoms with Gasteiger partial charge >= 0.3 is 0 Å². The van der Waals surface area contributed by atoms with Crippen LogP contribution in [-0.2, 0) is 17.6 Å². The molecule has 1 aliphatic carbocycles. The number of nitrogens with one attached hydrogen (secondary N) is 1. The molecule has 30 heavy (non-hydrogen) atoms. The summed E-state index contributed by atoms with van der Waals surface area (Å²) in [6, 6.07) is 14.2. The number of hydrogen-bond acceptors (Lipinski definition) is 3. The van der Waals surface area contributed by atoms with Crippen molar-refractivity contribution in [2.45, 2.75) is 83.5 Å². The summed E-state index contributed by atoms with van der Waals surface area (Å²) in [6.07, 6.45) is 6.76. The second kappa shape index (κ2) is 8.71. The van der Waals surface area contributed by atoms with E-state index in [4.69, 9.17) is 9.47 Å². The minimum atomic E-state index is -0.556. The molecular weight excluding hydrogens is 374 g/mol. The third-order valence-electron chi connectivity index (χ3n) is 6.80. The van der Waals surface area contributed by atoms with Crippen molar-refractivity contribution >= 4 is 5.91 Å². The van der Waals surface area contributed by atoms with Crippen molar-refractivity contribution in [1.82, 2.24) is 5.32 Å². The molecule has 160 valence electrons. The van der Waals surface area contributed by atoms with Gasteiger partial charge in [0.25, 0.3) is 5.91 Å². The number of rotatable bonds is 6. The van der Waals surface area contributed by atoms with E-state index in [9.17, 15) is 4.79 Å². The second-order valence-corrected chi connectivity index (χ2v) is 8.69. The van der Waals surface area contributed by atoms with Gasteiger partial charge in [0.15, 0.2) is 6.10 Å². The smallest absolute Gasteiger partial charge is 0.261 e. The lowest BCUT2D eigenvalue weighted by Gasteiger charge is -2.41. The van der Waals surface area contributed by atoms with Crippen LogP contribution in [0.2, 0.25) is 0 Å². The average Bonchev–Trinajstić information content (AvgIpc) is 2.78. The lowest BCUT2D eigenvalue weighted by Crippen LogP contribution is -2.46. The van der Waals surface area contributed by atoms with E-state index >= 15 is 0 Å². The molecule has 2 aliphatic rings. The van der Waals surface area contributed by atoms with E-state index in [2.05, 4.69) is 31.3 Å². The summed E-state index contributed by atoms with van der Waals surface area (Å²) in [5, 5.41) is 3.24. The van der Waals surface area contributed by atoms with Gasteiger partial charge in [0.05, 0.1) is 6.04 Å². The van der Waals surface area contributed by atoms with E-state index in [1.807, 2.05) is 37.3 Å². The predicted octanol–water partition coefficient (Wildman–Crippen LogP) is 5.53. The van der Waals surface area contributed by atoms with Gasteiger partial charge in [-0.2, -0.15) is 0 Å². The Morgan fingerprint density at radius 3 is 2.63 bits per heavy atom. The maximum Gasteiger partial charge on any atom is 0.261 e. The van der Waals surface area contributed by atoms with Gasteiger partial charge in [-0.3, -0.25) is 4.79 Å². The number of amides is 1. The van der Waals surface area contributed by atoms with Gasteiger partial charge in [0.2, 0.25) is 0 Å². The summed E-state index contributed by atoms with van der Waals surface area (Å²) in [5.41, 5.74) is 3.58. The molecule has 0 bridgehead atoms. The van der Waals surface area contributed by atoms with Crippen LogP contribution in [0.25, 0.3) is 0 Å². The van der Waals surface area contributed by atoms with E-state index in [1.165, 1.54) is 24.0 Å². The Bertz CT molecular complexity index is 903. The Balaban J connectivity index is 1.47. The van der Waals surface area contributed by atoms with Crippen molar-refractivity contribution in [2.75, 3.05) is 0 Å². The molecule has 4 heteroatoms. The van der Waals surface area contributed by atoms with E-state index in [-0.39, 0.29) is 17.6 Å². The first-order valence-corrected chi connectivity index (χ1v) is 11.4. The van der Waals surface area contributed by atoms with Crippen LogP contribution in [0, 0.1) is 0 Å². The predicted molar refractivity (Wildman–Crippen MR) is 119 cm³/mol. The van der Waals surface area contributed by atoms with Gasteiger partial charge in [0, 0.05) is 12.0 Å². The van der Waals surface area contributed by atoms with Crippen LogP contribution in [-0.4, -0.2) is 17.6 Å². The molecule has 0 unspecified atom stereocenters. The highest BCUT2D eigenvalue weighted by molar-refractivity contribution is 5.81. The quantitative estimate of drug-likeness (QED) is 0.685. The summed E-state index contributed by atoms with van der Waals surface area (Å²) in [4.78, 5) is 13.0.